The third-order valence-electron chi connectivity index (χ3n) is 4.01. The molecule has 0 aliphatic heterocycles. The lowest BCUT2D eigenvalue weighted by molar-refractivity contribution is -0.125. The van der Waals surface area contributed by atoms with Gasteiger partial charge in [-0.15, -0.1) is 0 Å². The number of aromatic nitrogens is 2. The van der Waals surface area contributed by atoms with Crippen LogP contribution in [0, 0.1) is 0 Å². The molecule has 1 aromatic heterocycles. The van der Waals surface area contributed by atoms with Crippen LogP contribution in [0.4, 0.5) is 5.95 Å². The number of nitrogens with zero attached hydrogens (tertiary/aromatic N) is 1. The summed E-state index contributed by atoms with van der Waals surface area (Å²) in [5.41, 5.74) is 2.22. The molecule has 0 unspecified atom stereocenters. The molecule has 2 amide bonds. The van der Waals surface area contributed by atoms with E-state index >= 15 is 0 Å². The quantitative estimate of drug-likeness (QED) is 0.607. The smallest absolute Gasteiger partial charge is 0.248 e. The summed E-state index contributed by atoms with van der Waals surface area (Å²) in [6, 6.07) is 11.8. The van der Waals surface area contributed by atoms with Crippen LogP contribution in [0.15, 0.2) is 42.5 Å². The van der Waals surface area contributed by atoms with E-state index in [0.717, 1.165) is 11.0 Å². The van der Waals surface area contributed by atoms with E-state index in [-0.39, 0.29) is 18.2 Å². The highest BCUT2D eigenvalue weighted by molar-refractivity contribution is 6.31. The minimum absolute atomic E-state index is 0.0606. The molecule has 27 heavy (non-hydrogen) atoms. The third-order valence-corrected chi connectivity index (χ3v) is 4.36. The fourth-order valence-corrected chi connectivity index (χ4v) is 2.80. The minimum Gasteiger partial charge on any atom is -0.497 e. The Labute approximate surface area is 161 Å². The van der Waals surface area contributed by atoms with Crippen LogP contribution >= 0.6 is 11.6 Å². The van der Waals surface area contributed by atoms with Crippen LogP contribution in [0.3, 0.4) is 0 Å². The molecule has 1 atom stereocenters. The molecule has 0 aliphatic carbocycles. The van der Waals surface area contributed by atoms with Crippen molar-refractivity contribution in [1.29, 1.82) is 0 Å². The Morgan fingerprint density at radius 3 is 2.74 bits per heavy atom. The largest absolute Gasteiger partial charge is 0.497 e. The van der Waals surface area contributed by atoms with Crippen molar-refractivity contribution >= 4 is 40.4 Å². The predicted octanol–water partition coefficient (Wildman–Crippen LogP) is 2.91. The average molecular weight is 387 g/mol. The number of carbonyl (C=O) groups excluding carboxylic acids is 2. The first kappa shape index (κ1) is 18.7. The van der Waals surface area contributed by atoms with Crippen LogP contribution < -0.4 is 15.4 Å². The van der Waals surface area contributed by atoms with Crippen LogP contribution in [0.1, 0.15) is 12.5 Å². The molecule has 7 nitrogen and oxygen atoms in total. The van der Waals surface area contributed by atoms with Crippen LogP contribution in [0.25, 0.3) is 11.0 Å². The number of imidazole rings is 1. The van der Waals surface area contributed by atoms with Gasteiger partial charge in [-0.1, -0.05) is 29.8 Å². The Balaban J connectivity index is 1.58. The van der Waals surface area contributed by atoms with Crippen LogP contribution in [0.5, 0.6) is 5.75 Å². The number of halogens is 1. The number of methoxy groups -OCH3 is 1. The van der Waals surface area contributed by atoms with Gasteiger partial charge < -0.3 is 15.0 Å². The molecular weight excluding hydrogens is 368 g/mol. The predicted molar refractivity (Wildman–Crippen MR) is 104 cm³/mol. The molecule has 0 fully saturated rings. The number of anilines is 1. The van der Waals surface area contributed by atoms with Crippen LogP contribution in [-0.4, -0.2) is 34.9 Å². The molecule has 3 N–H and O–H groups in total. The number of H-pyrrole nitrogens is 1. The minimum atomic E-state index is -0.734. The molecule has 0 radical (unpaired) electrons. The number of ether oxygens (including phenoxy) is 1. The van der Waals surface area contributed by atoms with Crippen molar-refractivity contribution in [3.8, 4) is 5.75 Å². The number of aromatic amines is 1. The second-order valence-corrected chi connectivity index (χ2v) is 6.42. The second kappa shape index (κ2) is 8.09. The number of nitrogens with one attached hydrogen (secondary N) is 3. The first-order chi connectivity index (χ1) is 13.0. The van der Waals surface area contributed by atoms with Crippen molar-refractivity contribution in [2.45, 2.75) is 19.4 Å². The lowest BCUT2D eigenvalue weighted by Gasteiger charge is -2.13. The first-order valence-electron chi connectivity index (χ1n) is 8.33. The Morgan fingerprint density at radius 2 is 2.04 bits per heavy atom. The number of hydrogen-bond acceptors (Lipinski definition) is 4. The Hall–Kier alpha value is -3.06. The molecule has 1 heterocycles. The molecule has 3 rings (SSSR count). The maximum Gasteiger partial charge on any atom is 0.248 e. The number of amides is 2. The van der Waals surface area contributed by atoms with Gasteiger partial charge in [-0.3, -0.25) is 14.9 Å². The summed E-state index contributed by atoms with van der Waals surface area (Å²) in [7, 11) is 1.54. The summed E-state index contributed by atoms with van der Waals surface area (Å²) in [4.78, 5) is 31.8. The maximum atomic E-state index is 12.3. The van der Waals surface area contributed by atoms with Crippen LogP contribution in [-0.2, 0) is 16.0 Å². The van der Waals surface area contributed by atoms with Crippen molar-refractivity contribution in [3.63, 3.8) is 0 Å². The van der Waals surface area contributed by atoms with Crippen molar-refractivity contribution in [2.24, 2.45) is 0 Å². The van der Waals surface area contributed by atoms with Crippen LogP contribution in [0.2, 0.25) is 5.02 Å². The number of carbonyl (C=O) groups is 2. The maximum absolute atomic E-state index is 12.3. The second-order valence-electron chi connectivity index (χ2n) is 6.02. The standard InChI is InChI=1S/C19H19ClN4O3/c1-11(18(26)24-19-22-15-5-3-4-6-16(15)23-19)21-17(25)9-12-7-8-13(27-2)10-14(12)20/h3-8,10-11H,9H2,1-2H3,(H,21,25)(H2,22,23,24,26)/t11-/m1/s1. The van der Waals surface area contributed by atoms with E-state index in [2.05, 4.69) is 20.6 Å². The van der Waals surface area contributed by atoms with Crippen molar-refractivity contribution in [1.82, 2.24) is 15.3 Å². The van der Waals surface area contributed by atoms with E-state index < -0.39 is 6.04 Å². The number of hydrogen-bond donors (Lipinski definition) is 3. The van der Waals surface area contributed by atoms with Gasteiger partial charge >= 0.3 is 0 Å². The summed E-state index contributed by atoms with van der Waals surface area (Å²) in [5, 5.41) is 5.75. The summed E-state index contributed by atoms with van der Waals surface area (Å²) in [6.45, 7) is 1.60. The van der Waals surface area contributed by atoms with E-state index in [1.807, 2.05) is 24.3 Å². The van der Waals surface area contributed by atoms with E-state index in [0.29, 0.717) is 22.3 Å². The molecule has 0 saturated carbocycles. The zero-order valence-electron chi connectivity index (χ0n) is 14.9. The molecule has 140 valence electrons. The number of fused-ring (bicyclic) bond motifs is 1. The van der Waals surface area contributed by atoms with Gasteiger partial charge in [0.2, 0.25) is 17.8 Å². The zero-order chi connectivity index (χ0) is 19.4. The van der Waals surface area contributed by atoms with Gasteiger partial charge in [-0.2, -0.15) is 0 Å². The number of benzene rings is 2. The summed E-state index contributed by atoms with van der Waals surface area (Å²) in [6.07, 6.45) is 0.0606. The molecular formula is C19H19ClN4O3. The normalized spacial score (nSPS) is 11.8. The fourth-order valence-electron chi connectivity index (χ4n) is 2.57. The van der Waals surface area contributed by atoms with Crippen molar-refractivity contribution in [3.05, 3.63) is 53.1 Å². The lowest BCUT2D eigenvalue weighted by Crippen LogP contribution is -2.42. The van der Waals surface area contributed by atoms with E-state index in [1.165, 1.54) is 0 Å². The Bertz CT molecular complexity index is 953. The zero-order valence-corrected chi connectivity index (χ0v) is 15.6. The molecule has 0 bridgehead atoms. The Kier molecular flexibility index (Phi) is 5.61. The van der Waals surface area contributed by atoms with E-state index in [9.17, 15) is 9.59 Å². The summed E-state index contributed by atoms with van der Waals surface area (Å²) in [5.74, 6) is 0.265. The van der Waals surface area contributed by atoms with Gasteiger partial charge in [0.15, 0.2) is 0 Å². The van der Waals surface area contributed by atoms with Gasteiger partial charge in [0, 0.05) is 5.02 Å². The molecule has 0 saturated heterocycles. The Morgan fingerprint density at radius 1 is 1.26 bits per heavy atom. The number of rotatable bonds is 6. The average Bonchev–Trinajstić information content (AvgIpc) is 3.05. The number of para-hydroxylation sites is 2. The van der Waals surface area contributed by atoms with Gasteiger partial charge in [0.25, 0.3) is 0 Å². The highest BCUT2D eigenvalue weighted by Crippen LogP contribution is 2.22. The first-order valence-corrected chi connectivity index (χ1v) is 8.71. The summed E-state index contributed by atoms with van der Waals surface area (Å²) >= 11 is 6.15. The lowest BCUT2D eigenvalue weighted by atomic mass is 10.1. The molecule has 2 aromatic carbocycles. The molecule has 3 aromatic rings. The molecule has 0 aliphatic rings. The van der Waals surface area contributed by atoms with Crippen molar-refractivity contribution < 1.29 is 14.3 Å². The highest BCUT2D eigenvalue weighted by atomic mass is 35.5. The fraction of sp³-hybridized carbons (Fsp3) is 0.211. The van der Waals surface area contributed by atoms with Gasteiger partial charge in [0.05, 0.1) is 24.6 Å². The molecule has 8 heteroatoms. The highest BCUT2D eigenvalue weighted by Gasteiger charge is 2.18. The SMILES string of the molecule is COc1ccc(CC(=O)N[C@H](C)C(=O)Nc2nc3ccccc3[nH]2)c(Cl)c1. The topological polar surface area (TPSA) is 96.1 Å². The third kappa shape index (κ3) is 4.57. The van der Waals surface area contributed by atoms with E-state index in [4.69, 9.17) is 16.3 Å². The van der Waals surface area contributed by atoms with Crippen molar-refractivity contribution in [2.75, 3.05) is 12.4 Å². The van der Waals surface area contributed by atoms with E-state index in [1.54, 1.807) is 32.2 Å². The van der Waals surface area contributed by atoms with Gasteiger partial charge in [-0.05, 0) is 36.8 Å². The summed E-state index contributed by atoms with van der Waals surface area (Å²) < 4.78 is 5.08. The monoisotopic (exact) mass is 386 g/mol. The van der Waals surface area contributed by atoms with Gasteiger partial charge in [-0.25, -0.2) is 4.98 Å². The van der Waals surface area contributed by atoms with Gasteiger partial charge in [0.1, 0.15) is 11.8 Å². The molecule has 0 spiro atoms.